The number of carbonyl (C=O) groups excluding carboxylic acids is 1. The zero-order valence-corrected chi connectivity index (χ0v) is 13.7. The summed E-state index contributed by atoms with van der Waals surface area (Å²) >= 11 is 1.52. The Morgan fingerprint density at radius 1 is 1.27 bits per heavy atom. The number of nitrogens with zero attached hydrogens (tertiary/aromatic N) is 1. The second-order valence-electron chi connectivity index (χ2n) is 5.75. The van der Waals surface area contributed by atoms with Crippen LogP contribution in [0.1, 0.15) is 35.6 Å². The number of hydrogen-bond donors (Lipinski definition) is 2. The van der Waals surface area contributed by atoms with Gasteiger partial charge in [-0.2, -0.15) is 0 Å². The van der Waals surface area contributed by atoms with Crippen molar-refractivity contribution in [2.24, 2.45) is 0 Å². The van der Waals surface area contributed by atoms with Crippen molar-refractivity contribution in [3.63, 3.8) is 0 Å². The summed E-state index contributed by atoms with van der Waals surface area (Å²) in [6.45, 7) is 0.749. The first kappa shape index (κ1) is 15.5. The van der Waals surface area contributed by atoms with Crippen LogP contribution < -0.4 is 10.6 Å². The Bertz CT molecular complexity index is 684. The standard InChI is InChI=1S/C16H17N3OS.ClH/c20-15(19-16-18-14(9-21-16)10-5-6-10)13-7-11-3-1-2-4-12(11)8-17-13;/h1-4,9-10,13,17H,5-8H2,(H,18,19,20);1H. The third kappa shape index (κ3) is 3.16. The summed E-state index contributed by atoms with van der Waals surface area (Å²) in [5.74, 6) is 0.646. The molecule has 2 N–H and O–H groups in total. The molecule has 1 amide bonds. The molecule has 116 valence electrons. The van der Waals surface area contributed by atoms with Crippen LogP contribution >= 0.6 is 23.7 Å². The normalized spacial score (nSPS) is 19.9. The van der Waals surface area contributed by atoms with Crippen LogP contribution in [0.3, 0.4) is 0 Å². The Kier molecular flexibility index (Phi) is 4.47. The van der Waals surface area contributed by atoms with Crippen molar-refractivity contribution in [3.8, 4) is 0 Å². The fraction of sp³-hybridized carbons (Fsp3) is 0.375. The lowest BCUT2D eigenvalue weighted by atomic mass is 9.95. The molecule has 2 aromatic rings. The maximum Gasteiger partial charge on any atom is 0.243 e. The fourth-order valence-electron chi connectivity index (χ4n) is 2.74. The summed E-state index contributed by atoms with van der Waals surface area (Å²) in [4.78, 5) is 16.9. The molecule has 1 aromatic heterocycles. The van der Waals surface area contributed by atoms with Crippen LogP contribution in [0.2, 0.25) is 0 Å². The van der Waals surface area contributed by atoms with Gasteiger partial charge in [0, 0.05) is 17.8 Å². The second-order valence-corrected chi connectivity index (χ2v) is 6.61. The Balaban J connectivity index is 0.00000144. The summed E-state index contributed by atoms with van der Waals surface area (Å²) in [5, 5.41) is 9.04. The zero-order valence-electron chi connectivity index (χ0n) is 12.0. The number of fused-ring (bicyclic) bond motifs is 1. The Labute approximate surface area is 139 Å². The van der Waals surface area contributed by atoms with Gasteiger partial charge in [-0.15, -0.1) is 23.7 Å². The van der Waals surface area contributed by atoms with Crippen molar-refractivity contribution >= 4 is 34.8 Å². The Morgan fingerprint density at radius 2 is 2.05 bits per heavy atom. The Hall–Kier alpha value is -1.43. The van der Waals surface area contributed by atoms with E-state index in [4.69, 9.17) is 0 Å². The van der Waals surface area contributed by atoms with E-state index in [0.717, 1.165) is 23.8 Å². The molecule has 1 aliphatic heterocycles. The quantitative estimate of drug-likeness (QED) is 0.906. The van der Waals surface area contributed by atoms with E-state index in [0.29, 0.717) is 5.92 Å². The molecular formula is C16H18ClN3OS. The minimum Gasteiger partial charge on any atom is -0.301 e. The highest BCUT2D eigenvalue weighted by Gasteiger charge is 2.27. The molecule has 0 spiro atoms. The van der Waals surface area contributed by atoms with Crippen molar-refractivity contribution in [1.82, 2.24) is 10.3 Å². The third-order valence-electron chi connectivity index (χ3n) is 4.15. The lowest BCUT2D eigenvalue weighted by Gasteiger charge is -2.24. The second kappa shape index (κ2) is 6.36. The van der Waals surface area contributed by atoms with Crippen LogP contribution in [0.25, 0.3) is 0 Å². The highest BCUT2D eigenvalue weighted by Crippen LogP contribution is 2.40. The van der Waals surface area contributed by atoms with Gasteiger partial charge in [-0.3, -0.25) is 4.79 Å². The number of benzene rings is 1. The van der Waals surface area contributed by atoms with Crippen molar-refractivity contribution in [2.75, 3.05) is 5.32 Å². The highest BCUT2D eigenvalue weighted by molar-refractivity contribution is 7.13. The van der Waals surface area contributed by atoms with E-state index in [2.05, 4.69) is 33.1 Å². The van der Waals surface area contributed by atoms with Gasteiger partial charge in [0.05, 0.1) is 11.7 Å². The SMILES string of the molecule is Cl.O=C(Nc1nc(C2CC2)cs1)C1Cc2ccccc2CN1. The van der Waals surface area contributed by atoms with Crippen LogP contribution in [0.5, 0.6) is 0 Å². The number of amides is 1. The van der Waals surface area contributed by atoms with Crippen molar-refractivity contribution in [1.29, 1.82) is 0 Å². The lowest BCUT2D eigenvalue weighted by Crippen LogP contribution is -2.44. The third-order valence-corrected chi connectivity index (χ3v) is 4.92. The number of rotatable bonds is 3. The van der Waals surface area contributed by atoms with E-state index in [-0.39, 0.29) is 24.4 Å². The maximum absolute atomic E-state index is 12.4. The average Bonchev–Trinajstić information content (AvgIpc) is 3.27. The van der Waals surface area contributed by atoms with Gasteiger partial charge >= 0.3 is 0 Å². The van der Waals surface area contributed by atoms with E-state index >= 15 is 0 Å². The molecule has 1 fully saturated rings. The van der Waals surface area contributed by atoms with Crippen molar-refractivity contribution < 1.29 is 4.79 Å². The first-order chi connectivity index (χ1) is 10.3. The lowest BCUT2D eigenvalue weighted by molar-refractivity contribution is -0.118. The van der Waals surface area contributed by atoms with Crippen LogP contribution in [0, 0.1) is 0 Å². The van der Waals surface area contributed by atoms with Crippen LogP contribution in [-0.2, 0) is 17.8 Å². The molecule has 0 radical (unpaired) electrons. The minimum atomic E-state index is -0.173. The predicted molar refractivity (Wildman–Crippen MR) is 90.7 cm³/mol. The zero-order chi connectivity index (χ0) is 14.2. The number of anilines is 1. The van der Waals surface area contributed by atoms with Crippen LogP contribution in [0.15, 0.2) is 29.6 Å². The van der Waals surface area contributed by atoms with Crippen molar-refractivity contribution in [2.45, 2.75) is 37.8 Å². The predicted octanol–water partition coefficient (Wildman–Crippen LogP) is 3.10. The summed E-state index contributed by atoms with van der Waals surface area (Å²) in [6.07, 6.45) is 3.21. The molecule has 22 heavy (non-hydrogen) atoms. The van der Waals surface area contributed by atoms with E-state index in [9.17, 15) is 4.79 Å². The molecule has 1 aliphatic carbocycles. The van der Waals surface area contributed by atoms with Gasteiger partial charge in [-0.05, 0) is 30.4 Å². The van der Waals surface area contributed by atoms with Crippen LogP contribution in [0.4, 0.5) is 5.13 Å². The van der Waals surface area contributed by atoms with E-state index in [1.165, 1.54) is 35.3 Å². The first-order valence-electron chi connectivity index (χ1n) is 7.36. The van der Waals surface area contributed by atoms with Gasteiger partial charge in [-0.25, -0.2) is 4.98 Å². The average molecular weight is 336 g/mol. The summed E-state index contributed by atoms with van der Waals surface area (Å²) in [5.41, 5.74) is 3.68. The van der Waals surface area contributed by atoms with Gasteiger partial charge in [-0.1, -0.05) is 24.3 Å². The van der Waals surface area contributed by atoms with E-state index in [1.54, 1.807) is 0 Å². The minimum absolute atomic E-state index is 0. The molecule has 1 unspecified atom stereocenters. The molecule has 1 atom stereocenters. The van der Waals surface area contributed by atoms with Crippen LogP contribution in [-0.4, -0.2) is 16.9 Å². The van der Waals surface area contributed by atoms with Crippen molar-refractivity contribution in [3.05, 3.63) is 46.5 Å². The number of aromatic nitrogens is 1. The summed E-state index contributed by atoms with van der Waals surface area (Å²) in [7, 11) is 0. The summed E-state index contributed by atoms with van der Waals surface area (Å²) in [6, 6.07) is 8.11. The molecule has 1 aromatic carbocycles. The number of nitrogens with one attached hydrogen (secondary N) is 2. The molecular weight excluding hydrogens is 318 g/mol. The molecule has 0 bridgehead atoms. The van der Waals surface area contributed by atoms with E-state index < -0.39 is 0 Å². The molecule has 0 saturated heterocycles. The smallest absolute Gasteiger partial charge is 0.243 e. The number of hydrogen-bond acceptors (Lipinski definition) is 4. The largest absolute Gasteiger partial charge is 0.301 e. The monoisotopic (exact) mass is 335 g/mol. The fourth-order valence-corrected chi connectivity index (χ4v) is 3.54. The first-order valence-corrected chi connectivity index (χ1v) is 8.24. The maximum atomic E-state index is 12.4. The number of thiazole rings is 1. The van der Waals surface area contributed by atoms with E-state index in [1.807, 2.05) is 12.1 Å². The van der Waals surface area contributed by atoms with Gasteiger partial charge in [0.1, 0.15) is 0 Å². The van der Waals surface area contributed by atoms with Gasteiger partial charge in [0.2, 0.25) is 5.91 Å². The highest BCUT2D eigenvalue weighted by atomic mass is 35.5. The number of carbonyl (C=O) groups is 1. The molecule has 2 heterocycles. The topological polar surface area (TPSA) is 54.0 Å². The molecule has 2 aliphatic rings. The Morgan fingerprint density at radius 3 is 2.82 bits per heavy atom. The number of halogens is 1. The van der Waals surface area contributed by atoms with Gasteiger partial charge in [0.15, 0.2) is 5.13 Å². The molecule has 1 saturated carbocycles. The molecule has 6 heteroatoms. The molecule has 4 rings (SSSR count). The summed E-state index contributed by atoms with van der Waals surface area (Å²) < 4.78 is 0. The molecule has 4 nitrogen and oxygen atoms in total. The van der Waals surface area contributed by atoms with Gasteiger partial charge < -0.3 is 10.6 Å². The van der Waals surface area contributed by atoms with Gasteiger partial charge in [0.25, 0.3) is 0 Å².